The molecule has 0 saturated heterocycles. The molecule has 0 aliphatic rings. The minimum Gasteiger partial charge on any atom is -0.480 e. The Morgan fingerprint density at radius 3 is 1.94 bits per heavy atom. The Labute approximate surface area is 190 Å². The first kappa shape index (κ1) is 29.1. The van der Waals surface area contributed by atoms with Crippen molar-refractivity contribution >= 4 is 36.3 Å². The van der Waals surface area contributed by atoms with E-state index in [0.717, 1.165) is 6.42 Å². The first-order valence-electron chi connectivity index (χ1n) is 10.6. The zero-order valence-electron chi connectivity index (χ0n) is 18.9. The first-order chi connectivity index (χ1) is 14.4. The molecule has 10 nitrogen and oxygen atoms in total. The van der Waals surface area contributed by atoms with Crippen molar-refractivity contribution in [3.8, 4) is 0 Å². The molecule has 0 aromatic rings. The highest BCUT2D eigenvalue weighted by molar-refractivity contribution is 7.80. The van der Waals surface area contributed by atoms with E-state index in [1.54, 1.807) is 13.8 Å². The summed E-state index contributed by atoms with van der Waals surface area (Å²) in [4.78, 5) is 49.1. The van der Waals surface area contributed by atoms with E-state index in [1.165, 1.54) is 0 Å². The van der Waals surface area contributed by atoms with Crippen LogP contribution in [0.4, 0.5) is 0 Å². The molecule has 4 atom stereocenters. The number of rotatable bonds is 15. The molecule has 0 heterocycles. The molecule has 0 radical (unpaired) electrons. The van der Waals surface area contributed by atoms with E-state index < -0.39 is 47.9 Å². The van der Waals surface area contributed by atoms with E-state index in [0.29, 0.717) is 19.4 Å². The summed E-state index contributed by atoms with van der Waals surface area (Å²) in [6.07, 6.45) is 2.14. The lowest BCUT2D eigenvalue weighted by Crippen LogP contribution is -2.59. The fraction of sp³-hybridized carbons (Fsp3) is 0.800. The summed E-state index contributed by atoms with van der Waals surface area (Å²) < 4.78 is 0. The van der Waals surface area contributed by atoms with Gasteiger partial charge in [-0.1, -0.05) is 34.1 Å². The molecule has 0 aromatic carbocycles. The van der Waals surface area contributed by atoms with E-state index in [4.69, 9.17) is 11.5 Å². The smallest absolute Gasteiger partial charge is 0.326 e. The predicted molar refractivity (Wildman–Crippen MR) is 122 cm³/mol. The number of nitrogens with two attached hydrogens (primary N) is 2. The van der Waals surface area contributed by atoms with Crippen LogP contribution in [-0.4, -0.2) is 65.3 Å². The maximum Gasteiger partial charge on any atom is 0.326 e. The Bertz CT molecular complexity index is 603. The number of hydrogen-bond donors (Lipinski definition) is 7. The van der Waals surface area contributed by atoms with Gasteiger partial charge in [0.05, 0.1) is 6.04 Å². The number of carboxylic acid groups (broad SMARTS) is 1. The molecule has 11 heteroatoms. The molecular formula is C20H39N5O5S. The SMILES string of the molecule is CC(C)CC(NC(=O)C(NC(=O)C(CS)NC(=O)C(N)CCCCN)C(C)C)C(=O)O. The number of nitrogens with one attached hydrogen (secondary N) is 3. The third kappa shape index (κ3) is 11.4. The first-order valence-corrected chi connectivity index (χ1v) is 11.3. The molecule has 180 valence electrons. The molecule has 0 fully saturated rings. The molecule has 0 bridgehead atoms. The van der Waals surface area contributed by atoms with Crippen molar-refractivity contribution in [2.24, 2.45) is 23.3 Å². The maximum atomic E-state index is 12.7. The van der Waals surface area contributed by atoms with Gasteiger partial charge in [0.15, 0.2) is 0 Å². The molecule has 0 rings (SSSR count). The van der Waals surface area contributed by atoms with Gasteiger partial charge in [-0.25, -0.2) is 4.79 Å². The number of hydrogen-bond acceptors (Lipinski definition) is 7. The third-order valence-corrected chi connectivity index (χ3v) is 5.06. The largest absolute Gasteiger partial charge is 0.480 e. The van der Waals surface area contributed by atoms with Gasteiger partial charge < -0.3 is 32.5 Å². The molecule has 31 heavy (non-hydrogen) atoms. The van der Waals surface area contributed by atoms with E-state index in [-0.39, 0.29) is 24.0 Å². The van der Waals surface area contributed by atoms with Gasteiger partial charge in [0.2, 0.25) is 17.7 Å². The zero-order chi connectivity index (χ0) is 24.1. The van der Waals surface area contributed by atoms with E-state index >= 15 is 0 Å². The number of amides is 3. The van der Waals surface area contributed by atoms with Crippen LogP contribution in [0.15, 0.2) is 0 Å². The Hall–Kier alpha value is -1.85. The van der Waals surface area contributed by atoms with Crippen LogP contribution in [0.1, 0.15) is 53.4 Å². The second-order valence-electron chi connectivity index (χ2n) is 8.39. The second-order valence-corrected chi connectivity index (χ2v) is 8.76. The summed E-state index contributed by atoms with van der Waals surface area (Å²) in [5, 5.41) is 17.0. The number of carboxylic acids is 1. The van der Waals surface area contributed by atoms with Crippen LogP contribution < -0.4 is 27.4 Å². The van der Waals surface area contributed by atoms with Crippen LogP contribution in [0.2, 0.25) is 0 Å². The summed E-state index contributed by atoms with van der Waals surface area (Å²) in [6.45, 7) is 7.67. The molecular weight excluding hydrogens is 422 g/mol. The molecule has 0 aromatic heterocycles. The summed E-state index contributed by atoms with van der Waals surface area (Å²) in [5.74, 6) is -3.07. The molecule has 3 amide bonds. The highest BCUT2D eigenvalue weighted by Crippen LogP contribution is 2.08. The van der Waals surface area contributed by atoms with Gasteiger partial charge in [-0.15, -0.1) is 0 Å². The molecule has 0 saturated carbocycles. The summed E-state index contributed by atoms with van der Waals surface area (Å²) in [6, 6.07) is -3.80. The van der Waals surface area contributed by atoms with Gasteiger partial charge in [-0.05, 0) is 37.6 Å². The highest BCUT2D eigenvalue weighted by atomic mass is 32.1. The van der Waals surface area contributed by atoms with Gasteiger partial charge >= 0.3 is 5.97 Å². The average Bonchev–Trinajstić information content (AvgIpc) is 2.68. The van der Waals surface area contributed by atoms with Crippen molar-refractivity contribution in [1.82, 2.24) is 16.0 Å². The van der Waals surface area contributed by atoms with Crippen molar-refractivity contribution in [1.29, 1.82) is 0 Å². The van der Waals surface area contributed by atoms with Crippen molar-refractivity contribution in [3.05, 3.63) is 0 Å². The Balaban J connectivity index is 5.08. The van der Waals surface area contributed by atoms with Crippen molar-refractivity contribution < 1.29 is 24.3 Å². The van der Waals surface area contributed by atoms with Crippen molar-refractivity contribution in [2.75, 3.05) is 12.3 Å². The fourth-order valence-corrected chi connectivity index (χ4v) is 3.11. The van der Waals surface area contributed by atoms with Crippen LogP contribution in [-0.2, 0) is 19.2 Å². The van der Waals surface area contributed by atoms with E-state index in [9.17, 15) is 24.3 Å². The highest BCUT2D eigenvalue weighted by Gasteiger charge is 2.31. The van der Waals surface area contributed by atoms with Gasteiger partial charge in [-0.3, -0.25) is 14.4 Å². The number of thiol groups is 1. The topological polar surface area (TPSA) is 177 Å². The summed E-state index contributed by atoms with van der Waals surface area (Å²) in [5.41, 5.74) is 11.3. The molecule has 0 aliphatic carbocycles. The number of unbranched alkanes of at least 4 members (excludes halogenated alkanes) is 1. The van der Waals surface area contributed by atoms with Crippen LogP contribution in [0, 0.1) is 11.8 Å². The quantitative estimate of drug-likeness (QED) is 0.128. The van der Waals surface area contributed by atoms with Crippen LogP contribution in [0.25, 0.3) is 0 Å². The van der Waals surface area contributed by atoms with E-state index in [1.807, 2.05) is 13.8 Å². The number of aliphatic carboxylic acids is 1. The normalized spacial score (nSPS) is 15.1. The van der Waals surface area contributed by atoms with Crippen molar-refractivity contribution in [3.63, 3.8) is 0 Å². The number of carbonyl (C=O) groups is 4. The lowest BCUT2D eigenvalue weighted by atomic mass is 10.00. The van der Waals surface area contributed by atoms with Crippen LogP contribution >= 0.6 is 12.6 Å². The standard InChI is InChI=1S/C20H39N5O5S/c1-11(2)9-14(20(29)30)23-19(28)16(12(3)4)25-18(27)15(10-31)24-17(26)13(22)7-5-6-8-21/h11-16,31H,5-10,21-22H2,1-4H3,(H,23,28)(H,24,26)(H,25,27)(H,29,30). The summed E-state index contributed by atoms with van der Waals surface area (Å²) >= 11 is 4.12. The van der Waals surface area contributed by atoms with Crippen LogP contribution in [0.5, 0.6) is 0 Å². The molecule has 8 N–H and O–H groups in total. The minimum absolute atomic E-state index is 0.00459. The monoisotopic (exact) mass is 461 g/mol. The Morgan fingerprint density at radius 2 is 1.48 bits per heavy atom. The second kappa shape index (κ2) is 15.0. The maximum absolute atomic E-state index is 12.7. The molecule has 0 aliphatic heterocycles. The number of carbonyl (C=O) groups excluding carboxylic acids is 3. The lowest BCUT2D eigenvalue weighted by molar-refractivity contribution is -0.143. The minimum atomic E-state index is -1.14. The molecule has 0 spiro atoms. The van der Waals surface area contributed by atoms with Crippen molar-refractivity contribution in [2.45, 2.75) is 77.5 Å². The van der Waals surface area contributed by atoms with Gasteiger partial charge in [-0.2, -0.15) is 12.6 Å². The predicted octanol–water partition coefficient (Wildman–Crippen LogP) is -0.386. The lowest BCUT2D eigenvalue weighted by Gasteiger charge is -2.27. The Kier molecular flexibility index (Phi) is 14.1. The average molecular weight is 462 g/mol. The fourth-order valence-electron chi connectivity index (χ4n) is 2.86. The molecule has 4 unspecified atom stereocenters. The van der Waals surface area contributed by atoms with E-state index in [2.05, 4.69) is 28.6 Å². The zero-order valence-corrected chi connectivity index (χ0v) is 19.8. The third-order valence-electron chi connectivity index (χ3n) is 4.69. The summed E-state index contributed by atoms with van der Waals surface area (Å²) in [7, 11) is 0. The van der Waals surface area contributed by atoms with Gasteiger partial charge in [0.1, 0.15) is 18.1 Å². The van der Waals surface area contributed by atoms with Crippen LogP contribution in [0.3, 0.4) is 0 Å². The van der Waals surface area contributed by atoms with Gasteiger partial charge in [0, 0.05) is 5.75 Å². The van der Waals surface area contributed by atoms with Gasteiger partial charge in [0.25, 0.3) is 0 Å². The Morgan fingerprint density at radius 1 is 0.903 bits per heavy atom.